The Hall–Kier alpha value is -1.35. The number of hydrogen-bond acceptors (Lipinski definition) is 2. The van der Waals surface area contributed by atoms with Crippen LogP contribution in [0.3, 0.4) is 0 Å². The van der Waals surface area contributed by atoms with Gasteiger partial charge in [-0.25, -0.2) is 0 Å². The molecule has 0 amide bonds. The number of rotatable bonds is 3. The first-order valence-corrected chi connectivity index (χ1v) is 7.17. The van der Waals surface area contributed by atoms with Gasteiger partial charge in [0.2, 0.25) is 0 Å². The molecule has 0 fully saturated rings. The minimum absolute atomic E-state index is 0.428. The van der Waals surface area contributed by atoms with E-state index >= 15 is 0 Å². The van der Waals surface area contributed by atoms with Gasteiger partial charge >= 0.3 is 0 Å². The quantitative estimate of drug-likeness (QED) is 0.776. The van der Waals surface area contributed by atoms with E-state index in [2.05, 4.69) is 68.1 Å². The van der Waals surface area contributed by atoms with Crippen LogP contribution in [0.25, 0.3) is 0 Å². The first kappa shape index (κ1) is 14.1. The third kappa shape index (κ3) is 2.98. The number of hydrogen-bond donors (Lipinski definition) is 0. The molecule has 2 nitrogen and oxygen atoms in total. The summed E-state index contributed by atoms with van der Waals surface area (Å²) in [5, 5.41) is 0. The molecule has 1 aromatic rings. The fourth-order valence-corrected chi connectivity index (χ4v) is 2.87. The summed E-state index contributed by atoms with van der Waals surface area (Å²) in [6.45, 7) is 4.53. The molecular weight excluding hydrogens is 252 g/mol. The monoisotopic (exact) mass is 274 g/mol. The van der Waals surface area contributed by atoms with Crippen LogP contribution in [-0.2, 0) is 0 Å². The number of anilines is 1. The van der Waals surface area contributed by atoms with Crippen LogP contribution in [0.4, 0.5) is 5.69 Å². The van der Waals surface area contributed by atoms with Crippen molar-refractivity contribution in [2.45, 2.75) is 26.3 Å². The second-order valence-electron chi connectivity index (χ2n) is 5.59. The molecule has 0 aliphatic carbocycles. The second kappa shape index (κ2) is 5.74. The normalized spacial score (nSPS) is 19.6. The van der Waals surface area contributed by atoms with Gasteiger partial charge in [-0.15, -0.1) is 0 Å². The number of nitrogens with zero attached hydrogens (tertiary/aromatic N) is 2. The molecule has 0 bridgehead atoms. The zero-order chi connectivity index (χ0) is 14.0. The van der Waals surface area contributed by atoms with Gasteiger partial charge in [0, 0.05) is 37.9 Å². The number of thiocarbonyl (C=S) groups is 1. The molecule has 1 heterocycles. The number of benzene rings is 1. The van der Waals surface area contributed by atoms with E-state index in [0.717, 1.165) is 11.4 Å². The van der Waals surface area contributed by atoms with E-state index in [-0.39, 0.29) is 0 Å². The summed E-state index contributed by atoms with van der Waals surface area (Å²) in [6, 6.07) is 10.9. The summed E-state index contributed by atoms with van der Waals surface area (Å²) in [5.41, 5.74) is 2.51. The molecule has 1 atom stereocenters. The van der Waals surface area contributed by atoms with E-state index in [0.29, 0.717) is 12.0 Å². The summed E-state index contributed by atoms with van der Waals surface area (Å²) in [5.74, 6) is 0.557. The molecular formula is C16H22N2S. The Morgan fingerprint density at radius 2 is 1.84 bits per heavy atom. The lowest BCUT2D eigenvalue weighted by atomic mass is 9.93. The van der Waals surface area contributed by atoms with Crippen LogP contribution in [0.15, 0.2) is 42.1 Å². The van der Waals surface area contributed by atoms with Gasteiger partial charge in [0.15, 0.2) is 0 Å². The van der Waals surface area contributed by atoms with Crippen molar-refractivity contribution in [1.29, 1.82) is 0 Å². The molecule has 0 spiro atoms. The van der Waals surface area contributed by atoms with Crippen LogP contribution in [0, 0.1) is 5.92 Å². The fourth-order valence-electron chi connectivity index (χ4n) is 2.49. The first-order chi connectivity index (χ1) is 9.00. The third-order valence-electron chi connectivity index (χ3n) is 3.66. The highest BCUT2D eigenvalue weighted by molar-refractivity contribution is 7.81. The van der Waals surface area contributed by atoms with Gasteiger partial charge in [-0.05, 0) is 24.1 Å². The summed E-state index contributed by atoms with van der Waals surface area (Å²) in [6.07, 6.45) is 3.17. The van der Waals surface area contributed by atoms with Gasteiger partial charge in [-0.1, -0.05) is 44.3 Å². The van der Waals surface area contributed by atoms with Gasteiger partial charge in [-0.2, -0.15) is 0 Å². The van der Waals surface area contributed by atoms with Crippen LogP contribution < -0.4 is 4.90 Å². The lowest BCUT2D eigenvalue weighted by Gasteiger charge is -2.41. The zero-order valence-corrected chi connectivity index (χ0v) is 12.9. The van der Waals surface area contributed by atoms with Crippen molar-refractivity contribution >= 4 is 22.9 Å². The Morgan fingerprint density at radius 1 is 1.21 bits per heavy atom. The SMILES string of the molecule is CC(C)[C@@H]1CC(N(C)C)=CC(=S)N1c1ccccc1. The Morgan fingerprint density at radius 3 is 2.37 bits per heavy atom. The molecule has 102 valence electrons. The summed E-state index contributed by atoms with van der Waals surface area (Å²) >= 11 is 5.62. The van der Waals surface area contributed by atoms with Crippen molar-refractivity contribution in [2.75, 3.05) is 19.0 Å². The predicted octanol–water partition coefficient (Wildman–Crippen LogP) is 3.69. The van der Waals surface area contributed by atoms with Gasteiger partial charge in [-0.3, -0.25) is 0 Å². The van der Waals surface area contributed by atoms with Crippen molar-refractivity contribution < 1.29 is 0 Å². The molecule has 0 saturated carbocycles. The zero-order valence-electron chi connectivity index (χ0n) is 12.1. The standard InChI is InChI=1S/C16H22N2S/c1-12(2)15-10-14(17(3)4)11-16(19)18(15)13-8-6-5-7-9-13/h5-9,11-12,15H,10H2,1-4H3/t15-/m0/s1. The molecule has 0 radical (unpaired) electrons. The molecule has 1 aromatic carbocycles. The average Bonchev–Trinajstić information content (AvgIpc) is 2.38. The maximum absolute atomic E-state index is 5.62. The van der Waals surface area contributed by atoms with Crippen LogP contribution in [-0.4, -0.2) is 30.0 Å². The van der Waals surface area contributed by atoms with Crippen LogP contribution in [0.5, 0.6) is 0 Å². The van der Waals surface area contributed by atoms with Crippen molar-refractivity contribution in [2.24, 2.45) is 5.92 Å². The minimum Gasteiger partial charge on any atom is -0.381 e. The minimum atomic E-state index is 0.428. The summed E-state index contributed by atoms with van der Waals surface area (Å²) in [4.78, 5) is 5.39. The smallest absolute Gasteiger partial charge is 0.108 e. The molecule has 1 aliphatic rings. The van der Waals surface area contributed by atoms with Gasteiger partial charge < -0.3 is 9.80 Å². The van der Waals surface area contributed by atoms with Crippen molar-refractivity contribution in [3.63, 3.8) is 0 Å². The van der Waals surface area contributed by atoms with Gasteiger partial charge in [0.25, 0.3) is 0 Å². The molecule has 0 aromatic heterocycles. The molecule has 0 N–H and O–H groups in total. The average molecular weight is 274 g/mol. The lowest BCUT2D eigenvalue weighted by molar-refractivity contribution is 0.412. The first-order valence-electron chi connectivity index (χ1n) is 6.77. The highest BCUT2D eigenvalue weighted by atomic mass is 32.1. The molecule has 19 heavy (non-hydrogen) atoms. The lowest BCUT2D eigenvalue weighted by Crippen LogP contribution is -2.46. The molecule has 0 unspecified atom stereocenters. The fraction of sp³-hybridized carbons (Fsp3) is 0.438. The topological polar surface area (TPSA) is 6.48 Å². The maximum atomic E-state index is 5.62. The third-order valence-corrected chi connectivity index (χ3v) is 3.97. The predicted molar refractivity (Wildman–Crippen MR) is 86.5 cm³/mol. The summed E-state index contributed by atoms with van der Waals surface area (Å²) in [7, 11) is 4.17. The largest absolute Gasteiger partial charge is 0.381 e. The van der Waals surface area contributed by atoms with Crippen molar-refractivity contribution in [1.82, 2.24) is 4.90 Å². The summed E-state index contributed by atoms with van der Waals surface area (Å²) < 4.78 is 0. The van der Waals surface area contributed by atoms with Gasteiger partial charge in [0.1, 0.15) is 4.99 Å². The van der Waals surface area contributed by atoms with E-state index in [1.165, 1.54) is 11.4 Å². The van der Waals surface area contributed by atoms with Crippen molar-refractivity contribution in [3.8, 4) is 0 Å². The highest BCUT2D eigenvalue weighted by Gasteiger charge is 2.30. The van der Waals surface area contributed by atoms with Crippen LogP contribution in [0.2, 0.25) is 0 Å². The van der Waals surface area contributed by atoms with Crippen LogP contribution in [0.1, 0.15) is 20.3 Å². The van der Waals surface area contributed by atoms with Crippen molar-refractivity contribution in [3.05, 3.63) is 42.1 Å². The van der Waals surface area contributed by atoms with E-state index in [1.54, 1.807) is 0 Å². The number of para-hydroxylation sites is 1. The van der Waals surface area contributed by atoms with E-state index < -0.39 is 0 Å². The molecule has 1 aliphatic heterocycles. The molecule has 0 saturated heterocycles. The Labute approximate surface area is 121 Å². The van der Waals surface area contributed by atoms with Crippen LogP contribution >= 0.6 is 12.2 Å². The highest BCUT2D eigenvalue weighted by Crippen LogP contribution is 2.30. The van der Waals surface area contributed by atoms with Gasteiger partial charge in [0.05, 0.1) is 0 Å². The Balaban J connectivity index is 2.39. The Kier molecular flexibility index (Phi) is 4.25. The maximum Gasteiger partial charge on any atom is 0.108 e. The van der Waals surface area contributed by atoms with E-state index in [9.17, 15) is 0 Å². The molecule has 2 rings (SSSR count). The van der Waals surface area contributed by atoms with E-state index in [4.69, 9.17) is 12.2 Å². The molecule has 3 heteroatoms. The second-order valence-corrected chi connectivity index (χ2v) is 6.01. The van der Waals surface area contributed by atoms with E-state index in [1.807, 2.05) is 6.07 Å². The Bertz CT molecular complexity index is 477.